The van der Waals surface area contributed by atoms with Crippen molar-refractivity contribution >= 4 is 15.7 Å². The minimum absolute atomic E-state index is 0.0770. The Bertz CT molecular complexity index is 1020. The van der Waals surface area contributed by atoms with Crippen molar-refractivity contribution in [1.82, 2.24) is 0 Å². The highest BCUT2D eigenvalue weighted by molar-refractivity contribution is 7.92. The Morgan fingerprint density at radius 1 is 1.00 bits per heavy atom. The van der Waals surface area contributed by atoms with Gasteiger partial charge in [-0.2, -0.15) is 0 Å². The Balaban J connectivity index is 1.58. The molecule has 6 heteroatoms. The molecule has 0 bridgehead atoms. The molecule has 0 unspecified atom stereocenters. The number of nitrogens with one attached hydrogen (secondary N) is 1. The molecule has 5 nitrogen and oxygen atoms in total. The highest BCUT2D eigenvalue weighted by Gasteiger charge is 2.20. The van der Waals surface area contributed by atoms with Crippen molar-refractivity contribution in [3.8, 4) is 5.75 Å². The van der Waals surface area contributed by atoms with Crippen LogP contribution in [0.3, 0.4) is 0 Å². The molecule has 0 aliphatic heterocycles. The second kappa shape index (κ2) is 9.78. The van der Waals surface area contributed by atoms with Crippen molar-refractivity contribution in [3.63, 3.8) is 0 Å². The highest BCUT2D eigenvalue weighted by Crippen LogP contribution is 2.25. The lowest BCUT2D eigenvalue weighted by atomic mass is 9.93. The van der Waals surface area contributed by atoms with Crippen molar-refractivity contribution in [2.24, 2.45) is 0 Å². The maximum Gasteiger partial charge on any atom is 0.261 e. The number of hydrogen-bond donors (Lipinski definition) is 2. The fourth-order valence-electron chi connectivity index (χ4n) is 3.13. The van der Waals surface area contributed by atoms with Gasteiger partial charge in [-0.3, -0.25) is 4.72 Å². The summed E-state index contributed by atoms with van der Waals surface area (Å²) >= 11 is 0. The zero-order chi connectivity index (χ0) is 21.6. The second-order valence-electron chi connectivity index (χ2n) is 7.31. The van der Waals surface area contributed by atoms with Gasteiger partial charge in [0.2, 0.25) is 0 Å². The molecule has 2 N–H and O–H groups in total. The summed E-state index contributed by atoms with van der Waals surface area (Å²) in [6.07, 6.45) is -0.482. The van der Waals surface area contributed by atoms with Gasteiger partial charge in [0, 0.05) is 5.69 Å². The van der Waals surface area contributed by atoms with Crippen LogP contribution in [0.2, 0.25) is 0 Å². The van der Waals surface area contributed by atoms with Crippen LogP contribution in [0.4, 0.5) is 5.69 Å². The van der Waals surface area contributed by atoms with Gasteiger partial charge >= 0.3 is 0 Å². The monoisotopic (exact) mass is 424 g/mol. The zero-order valence-electron chi connectivity index (χ0n) is 17.0. The first-order valence-corrected chi connectivity index (χ1v) is 11.3. The summed E-state index contributed by atoms with van der Waals surface area (Å²) < 4.78 is 33.2. The summed E-state index contributed by atoms with van der Waals surface area (Å²) in [7, 11) is -3.62. The number of benzene rings is 3. The molecule has 3 aromatic rings. The van der Waals surface area contributed by atoms with E-state index < -0.39 is 16.1 Å². The van der Waals surface area contributed by atoms with Crippen LogP contribution in [-0.2, 0) is 10.0 Å². The Hall–Kier alpha value is -2.83. The van der Waals surface area contributed by atoms with E-state index in [1.165, 1.54) is 0 Å². The van der Waals surface area contributed by atoms with Gasteiger partial charge in [-0.05, 0) is 67.3 Å². The molecule has 3 aromatic carbocycles. The van der Waals surface area contributed by atoms with Crippen LogP contribution in [0, 0.1) is 6.07 Å². The minimum atomic E-state index is -3.62. The zero-order valence-corrected chi connectivity index (χ0v) is 17.8. The molecule has 3 rings (SSSR count). The second-order valence-corrected chi connectivity index (χ2v) is 8.99. The minimum Gasteiger partial charge on any atom is -0.488 e. The number of aliphatic hydroxyl groups is 1. The highest BCUT2D eigenvalue weighted by atomic mass is 32.2. The van der Waals surface area contributed by atoms with Crippen LogP contribution >= 0.6 is 0 Å². The summed E-state index contributed by atoms with van der Waals surface area (Å²) in [6.45, 7) is 3.86. The van der Waals surface area contributed by atoms with Crippen LogP contribution in [-0.4, -0.2) is 25.7 Å². The molecule has 0 aliphatic rings. The van der Waals surface area contributed by atoms with E-state index >= 15 is 0 Å². The Labute approximate surface area is 178 Å². The molecule has 0 spiro atoms. The van der Waals surface area contributed by atoms with Crippen LogP contribution in [0.25, 0.3) is 0 Å². The van der Waals surface area contributed by atoms with E-state index in [1.54, 1.807) is 54.6 Å². The third-order valence-corrected chi connectivity index (χ3v) is 6.32. The fraction of sp³-hybridized carbons (Fsp3) is 0.250. The summed E-state index contributed by atoms with van der Waals surface area (Å²) in [5.41, 5.74) is 1.50. The summed E-state index contributed by atoms with van der Waals surface area (Å²) in [5.74, 6) is 0.750. The van der Waals surface area contributed by atoms with Gasteiger partial charge in [0.1, 0.15) is 11.9 Å². The first-order chi connectivity index (χ1) is 14.3. The van der Waals surface area contributed by atoms with E-state index in [9.17, 15) is 13.5 Å². The summed E-state index contributed by atoms with van der Waals surface area (Å²) in [4.78, 5) is 0.218. The molecule has 0 amide bonds. The number of ether oxygens (including phenoxy) is 1. The third-order valence-electron chi connectivity index (χ3n) is 4.92. The molecule has 0 saturated carbocycles. The average Bonchev–Trinajstić information content (AvgIpc) is 2.75. The summed E-state index contributed by atoms with van der Waals surface area (Å²) in [5, 5.41) is 10.5. The normalized spacial score (nSPS) is 14.5. The lowest BCUT2D eigenvalue weighted by Crippen LogP contribution is -2.30. The molecule has 0 fully saturated rings. The topological polar surface area (TPSA) is 75.6 Å². The van der Waals surface area contributed by atoms with E-state index in [1.807, 2.05) is 38.1 Å². The number of hydrogen-bond acceptors (Lipinski definition) is 4. The molecule has 30 heavy (non-hydrogen) atoms. The van der Waals surface area contributed by atoms with Gasteiger partial charge in [-0.1, -0.05) is 49.4 Å². The smallest absolute Gasteiger partial charge is 0.261 e. The van der Waals surface area contributed by atoms with Gasteiger partial charge < -0.3 is 9.84 Å². The average molecular weight is 425 g/mol. The van der Waals surface area contributed by atoms with Crippen molar-refractivity contribution in [1.29, 1.82) is 0 Å². The van der Waals surface area contributed by atoms with E-state index in [0.29, 0.717) is 17.9 Å². The molecular weight excluding hydrogens is 398 g/mol. The number of rotatable bonds is 9. The van der Waals surface area contributed by atoms with Crippen LogP contribution in [0.5, 0.6) is 5.75 Å². The third kappa shape index (κ3) is 5.84. The number of sulfonamides is 1. The Morgan fingerprint density at radius 3 is 2.33 bits per heavy atom. The number of anilines is 1. The predicted octanol–water partition coefficient (Wildman–Crippen LogP) is 4.61. The SMILES string of the molecule is C[C@H](C[C@@H](O)[C@@H](C)Oc1c[c]ccc1)c1ccc(NS(=O)(=O)c2ccccc2)cc1. The maximum absolute atomic E-state index is 12.4. The largest absolute Gasteiger partial charge is 0.488 e. The lowest BCUT2D eigenvalue weighted by Gasteiger charge is -2.23. The van der Waals surface area contributed by atoms with Crippen LogP contribution < -0.4 is 9.46 Å². The van der Waals surface area contributed by atoms with Crippen molar-refractivity contribution in [2.45, 2.75) is 43.3 Å². The van der Waals surface area contributed by atoms with Crippen LogP contribution in [0.15, 0.2) is 83.8 Å². The number of aliphatic hydroxyl groups excluding tert-OH is 1. The fourth-order valence-corrected chi connectivity index (χ4v) is 4.21. The molecule has 0 aromatic heterocycles. The van der Waals surface area contributed by atoms with Gasteiger partial charge in [0.15, 0.2) is 0 Å². The molecule has 157 valence electrons. The molecule has 0 saturated heterocycles. The molecule has 1 radical (unpaired) electrons. The van der Waals surface area contributed by atoms with Crippen molar-refractivity contribution in [3.05, 3.63) is 90.5 Å². The van der Waals surface area contributed by atoms with Crippen molar-refractivity contribution in [2.75, 3.05) is 4.72 Å². The molecular formula is C24H26NO4S. The first kappa shape index (κ1) is 21.9. The van der Waals surface area contributed by atoms with E-state index in [4.69, 9.17) is 4.74 Å². The molecule has 0 aliphatic carbocycles. The standard InChI is InChI=1S/C24H26NO4S/c1-18(17-24(26)19(2)29-22-9-5-3-6-10-22)20-13-15-21(16-14-20)25-30(27,28)23-11-7-4-8-12-23/h3-5,7-16,18-19,24-26H,17H2,1-2H3/t18-,19-,24-/m1/s1. The Kier molecular flexibility index (Phi) is 7.13. The van der Waals surface area contributed by atoms with E-state index in [2.05, 4.69) is 10.8 Å². The van der Waals surface area contributed by atoms with Crippen LogP contribution in [0.1, 0.15) is 31.7 Å². The summed E-state index contributed by atoms with van der Waals surface area (Å²) in [6, 6.07) is 25.6. The van der Waals surface area contributed by atoms with E-state index in [-0.39, 0.29) is 16.9 Å². The Morgan fingerprint density at radius 2 is 1.70 bits per heavy atom. The first-order valence-electron chi connectivity index (χ1n) is 9.84. The molecule has 0 heterocycles. The van der Waals surface area contributed by atoms with Crippen molar-refractivity contribution < 1.29 is 18.3 Å². The van der Waals surface area contributed by atoms with E-state index in [0.717, 1.165) is 5.56 Å². The van der Waals surface area contributed by atoms with Gasteiger partial charge in [-0.25, -0.2) is 8.42 Å². The lowest BCUT2D eigenvalue weighted by molar-refractivity contribution is 0.0379. The van der Waals surface area contributed by atoms with Gasteiger partial charge in [0.25, 0.3) is 10.0 Å². The predicted molar refractivity (Wildman–Crippen MR) is 118 cm³/mol. The maximum atomic E-state index is 12.4. The quantitative estimate of drug-likeness (QED) is 0.526. The van der Waals surface area contributed by atoms with Gasteiger partial charge in [-0.15, -0.1) is 0 Å². The van der Waals surface area contributed by atoms with Gasteiger partial charge in [0.05, 0.1) is 11.0 Å². The molecule has 3 atom stereocenters.